The Balaban J connectivity index is 1.13. The van der Waals surface area contributed by atoms with Crippen LogP contribution in [0.5, 0.6) is 0 Å². The molecular formula is C55H38S. The zero-order valence-electron chi connectivity index (χ0n) is 31.5. The van der Waals surface area contributed by atoms with Crippen LogP contribution >= 0.6 is 11.3 Å². The highest BCUT2D eigenvalue weighted by molar-refractivity contribution is 7.26. The van der Waals surface area contributed by atoms with Crippen LogP contribution in [-0.4, -0.2) is 0 Å². The van der Waals surface area contributed by atoms with Crippen LogP contribution in [0.3, 0.4) is 0 Å². The van der Waals surface area contributed by atoms with Crippen LogP contribution in [0.4, 0.5) is 0 Å². The van der Waals surface area contributed by atoms with Crippen molar-refractivity contribution in [1.82, 2.24) is 0 Å². The minimum absolute atomic E-state index is 0.162. The highest BCUT2D eigenvalue weighted by Gasteiger charge is 2.38. The third kappa shape index (κ3) is 4.65. The second-order valence-corrected chi connectivity index (χ2v) is 16.8. The lowest BCUT2D eigenvalue weighted by Crippen LogP contribution is -2.15. The number of rotatable bonds is 5. The van der Waals surface area contributed by atoms with Crippen molar-refractivity contribution in [1.29, 1.82) is 0 Å². The van der Waals surface area contributed by atoms with Crippen LogP contribution in [-0.2, 0) is 5.41 Å². The van der Waals surface area contributed by atoms with Gasteiger partial charge in [0.1, 0.15) is 0 Å². The van der Waals surface area contributed by atoms with E-state index < -0.39 is 0 Å². The molecule has 0 saturated heterocycles. The Kier molecular flexibility index (Phi) is 7.18. The molecule has 0 amide bonds. The fourth-order valence-electron chi connectivity index (χ4n) is 9.88. The average molecular weight is 731 g/mol. The van der Waals surface area contributed by atoms with Crippen LogP contribution in [0, 0.1) is 0 Å². The van der Waals surface area contributed by atoms with Gasteiger partial charge in [-0.1, -0.05) is 173 Å². The first-order valence-corrected chi connectivity index (χ1v) is 20.2. The van der Waals surface area contributed by atoms with E-state index in [1.807, 2.05) is 17.4 Å². The lowest BCUT2D eigenvalue weighted by atomic mass is 9.79. The van der Waals surface area contributed by atoms with Gasteiger partial charge in [-0.05, 0) is 123 Å². The number of benzene rings is 9. The molecule has 0 unspecified atom stereocenters. The summed E-state index contributed by atoms with van der Waals surface area (Å²) in [6, 6.07) is 58.2. The van der Waals surface area contributed by atoms with Gasteiger partial charge in [0.15, 0.2) is 0 Å². The first-order valence-electron chi connectivity index (χ1n) is 19.4. The maximum Gasteiger partial charge on any atom is 0.0361 e. The summed E-state index contributed by atoms with van der Waals surface area (Å²) in [4.78, 5) is 0. The van der Waals surface area contributed by atoms with E-state index in [2.05, 4.69) is 184 Å². The Hall–Kier alpha value is -6.54. The van der Waals surface area contributed by atoms with Gasteiger partial charge in [0.05, 0.1) is 0 Å². The average Bonchev–Trinajstić information content (AvgIpc) is 3.73. The van der Waals surface area contributed by atoms with E-state index in [0.29, 0.717) is 0 Å². The van der Waals surface area contributed by atoms with Crippen molar-refractivity contribution in [2.75, 3.05) is 0 Å². The van der Waals surface area contributed by atoms with Gasteiger partial charge in [0.25, 0.3) is 0 Å². The Labute approximate surface area is 331 Å². The molecule has 0 radical (unpaired) electrons. The monoisotopic (exact) mass is 730 g/mol. The second kappa shape index (κ2) is 12.2. The van der Waals surface area contributed by atoms with Crippen molar-refractivity contribution in [2.45, 2.75) is 19.3 Å². The second-order valence-electron chi connectivity index (χ2n) is 15.7. The van der Waals surface area contributed by atoms with Crippen LogP contribution < -0.4 is 0 Å². The molecule has 1 aliphatic carbocycles. The molecule has 0 aliphatic heterocycles. The van der Waals surface area contributed by atoms with Crippen molar-refractivity contribution in [3.63, 3.8) is 0 Å². The fraction of sp³-hybridized carbons (Fsp3) is 0.0545. The van der Waals surface area contributed by atoms with E-state index in [4.69, 9.17) is 6.58 Å². The summed E-state index contributed by atoms with van der Waals surface area (Å²) < 4.78 is 2.70. The topological polar surface area (TPSA) is 0 Å². The summed E-state index contributed by atoms with van der Waals surface area (Å²) in [6.45, 7) is 13.8. The summed E-state index contributed by atoms with van der Waals surface area (Å²) in [5, 5.41) is 12.7. The molecule has 10 aromatic rings. The van der Waals surface area contributed by atoms with Crippen molar-refractivity contribution in [3.8, 4) is 22.3 Å². The summed E-state index contributed by atoms with van der Waals surface area (Å²) in [6.07, 6.45) is 4.18. The Morgan fingerprint density at radius 2 is 1.20 bits per heavy atom. The van der Waals surface area contributed by atoms with Crippen LogP contribution in [0.2, 0.25) is 0 Å². The van der Waals surface area contributed by atoms with E-state index in [1.54, 1.807) is 0 Å². The normalized spacial score (nSPS) is 13.6. The SMILES string of the molecule is C=C/C(=C\C(=C)c1c2ccccc2c(-c2ccc3c(c2)-c2ccc4ccc5sc6ccccc6c5c4c2C3(C)C)c2ccccc12)c1cccc2ccccc12. The molecule has 1 aliphatic rings. The highest BCUT2D eigenvalue weighted by atomic mass is 32.1. The molecule has 1 heteroatoms. The number of fused-ring (bicyclic) bond motifs is 12. The predicted molar refractivity (Wildman–Crippen MR) is 246 cm³/mol. The third-order valence-corrected chi connectivity index (χ3v) is 13.5. The van der Waals surface area contributed by atoms with Crippen LogP contribution in [0.15, 0.2) is 183 Å². The quantitative estimate of drug-likeness (QED) is 0.122. The van der Waals surface area contributed by atoms with E-state index in [9.17, 15) is 0 Å². The molecule has 0 spiro atoms. The zero-order valence-corrected chi connectivity index (χ0v) is 32.3. The molecule has 0 atom stereocenters. The molecule has 264 valence electrons. The third-order valence-electron chi connectivity index (χ3n) is 12.3. The Bertz CT molecular complexity index is 3300. The molecule has 11 rings (SSSR count). The summed E-state index contributed by atoms with van der Waals surface area (Å²) >= 11 is 1.90. The van der Waals surface area contributed by atoms with Gasteiger partial charge in [-0.25, -0.2) is 0 Å². The molecule has 0 bridgehead atoms. The summed E-state index contributed by atoms with van der Waals surface area (Å²) in [5.41, 5.74) is 12.2. The summed E-state index contributed by atoms with van der Waals surface area (Å²) in [7, 11) is 0. The zero-order chi connectivity index (χ0) is 37.7. The standard InChI is InChI=1S/C55H38S/c1-5-34(38-23-14-16-35-15-6-7-17-39(35)38)31-33(2)50-40-18-8-10-20-42(40)51(43-21-11-9-19-41(43)50)37-26-29-47-46(32-37)44-28-25-36-27-30-49-53(52(36)54(44)55(47,3)4)45-22-12-13-24-48(45)56-49/h5-32H,1-2H2,3-4H3/b34-31+. The largest absolute Gasteiger partial charge is 0.135 e. The maximum absolute atomic E-state index is 4.75. The lowest BCUT2D eigenvalue weighted by molar-refractivity contribution is 0.667. The number of hydrogen-bond acceptors (Lipinski definition) is 1. The first kappa shape index (κ1) is 32.9. The molecule has 56 heavy (non-hydrogen) atoms. The molecule has 1 heterocycles. The van der Waals surface area contributed by atoms with Gasteiger partial charge in [0, 0.05) is 25.6 Å². The number of thiophene rings is 1. The van der Waals surface area contributed by atoms with Crippen molar-refractivity contribution in [2.24, 2.45) is 0 Å². The number of allylic oxidation sites excluding steroid dienone is 4. The van der Waals surface area contributed by atoms with Crippen molar-refractivity contribution >= 4 is 85.7 Å². The first-order chi connectivity index (χ1) is 27.4. The molecule has 0 N–H and O–H groups in total. The maximum atomic E-state index is 4.75. The van der Waals surface area contributed by atoms with Gasteiger partial charge < -0.3 is 0 Å². The van der Waals surface area contributed by atoms with Gasteiger partial charge in [-0.3, -0.25) is 0 Å². The molecule has 0 saturated carbocycles. The lowest BCUT2D eigenvalue weighted by Gasteiger charge is -2.24. The van der Waals surface area contributed by atoms with Crippen molar-refractivity contribution < 1.29 is 0 Å². The molecule has 0 nitrogen and oxygen atoms in total. The van der Waals surface area contributed by atoms with Crippen LogP contribution in [0.25, 0.3) is 96.7 Å². The van der Waals surface area contributed by atoms with Gasteiger partial charge in [-0.15, -0.1) is 11.3 Å². The highest BCUT2D eigenvalue weighted by Crippen LogP contribution is 2.55. The van der Waals surface area contributed by atoms with Gasteiger partial charge in [0.2, 0.25) is 0 Å². The minimum atomic E-state index is -0.162. The fourth-order valence-corrected chi connectivity index (χ4v) is 11.0. The molecule has 1 aromatic heterocycles. The van der Waals surface area contributed by atoms with Crippen molar-refractivity contribution in [3.05, 3.63) is 205 Å². The Morgan fingerprint density at radius 3 is 1.95 bits per heavy atom. The van der Waals surface area contributed by atoms with E-state index in [-0.39, 0.29) is 5.41 Å². The number of hydrogen-bond donors (Lipinski definition) is 0. The van der Waals surface area contributed by atoms with E-state index >= 15 is 0 Å². The predicted octanol–water partition coefficient (Wildman–Crippen LogP) is 15.9. The molecular weight excluding hydrogens is 693 g/mol. The smallest absolute Gasteiger partial charge is 0.0361 e. The van der Waals surface area contributed by atoms with E-state index in [0.717, 1.165) is 22.3 Å². The van der Waals surface area contributed by atoms with Gasteiger partial charge >= 0.3 is 0 Å². The minimum Gasteiger partial charge on any atom is -0.135 e. The molecule has 9 aromatic carbocycles. The van der Waals surface area contributed by atoms with E-state index in [1.165, 1.54) is 96.6 Å². The summed E-state index contributed by atoms with van der Waals surface area (Å²) in [5.74, 6) is 0. The van der Waals surface area contributed by atoms with Crippen LogP contribution in [0.1, 0.15) is 36.1 Å². The van der Waals surface area contributed by atoms with Gasteiger partial charge in [-0.2, -0.15) is 0 Å². The molecule has 0 fully saturated rings. The Morgan fingerprint density at radius 1 is 0.554 bits per heavy atom.